The van der Waals surface area contributed by atoms with Gasteiger partial charge in [-0.3, -0.25) is 4.79 Å². The molecule has 0 aliphatic heterocycles. The van der Waals surface area contributed by atoms with Crippen LogP contribution in [0.15, 0.2) is 72.8 Å². The summed E-state index contributed by atoms with van der Waals surface area (Å²) in [7, 11) is 0. The SMILES string of the molecule is CC(C)OC(=O)C(C)Oc1ccc(C(=O)COc2ccc(-c3ccccc3)cc2)c(OC(C)C(=O)OC(C)C)c1. The third kappa shape index (κ3) is 8.86. The zero-order chi connectivity index (χ0) is 29.2. The molecule has 212 valence electrons. The number of hydrogen-bond acceptors (Lipinski definition) is 8. The molecule has 0 bridgehead atoms. The number of esters is 2. The number of Topliss-reactive ketones (excluding diaryl/α,β-unsaturated/α-hetero) is 1. The highest BCUT2D eigenvalue weighted by Gasteiger charge is 2.24. The second-order valence-corrected chi connectivity index (χ2v) is 9.75. The van der Waals surface area contributed by atoms with Crippen LogP contribution in [-0.4, -0.2) is 48.7 Å². The normalized spacial score (nSPS) is 12.4. The van der Waals surface area contributed by atoms with Gasteiger partial charge < -0.3 is 23.7 Å². The monoisotopic (exact) mass is 548 g/mol. The summed E-state index contributed by atoms with van der Waals surface area (Å²) in [6.45, 7) is 9.78. The second kappa shape index (κ2) is 14.2. The molecule has 3 aromatic rings. The van der Waals surface area contributed by atoms with Crippen molar-refractivity contribution in [1.29, 1.82) is 0 Å². The fourth-order valence-electron chi connectivity index (χ4n) is 3.65. The smallest absolute Gasteiger partial charge is 0.347 e. The fourth-order valence-corrected chi connectivity index (χ4v) is 3.65. The summed E-state index contributed by atoms with van der Waals surface area (Å²) >= 11 is 0. The maximum atomic E-state index is 13.2. The van der Waals surface area contributed by atoms with Crippen LogP contribution in [0.5, 0.6) is 17.2 Å². The number of rotatable bonds is 13. The first-order chi connectivity index (χ1) is 19.0. The molecule has 0 saturated carbocycles. The predicted molar refractivity (Wildman–Crippen MR) is 151 cm³/mol. The first-order valence-electron chi connectivity index (χ1n) is 13.2. The van der Waals surface area contributed by atoms with Crippen molar-refractivity contribution in [1.82, 2.24) is 0 Å². The van der Waals surface area contributed by atoms with E-state index in [9.17, 15) is 14.4 Å². The van der Waals surface area contributed by atoms with Gasteiger partial charge in [0.1, 0.15) is 17.2 Å². The summed E-state index contributed by atoms with van der Waals surface area (Å²) in [4.78, 5) is 37.8. The van der Waals surface area contributed by atoms with Gasteiger partial charge in [0.15, 0.2) is 18.8 Å². The highest BCUT2D eigenvalue weighted by molar-refractivity contribution is 6.00. The van der Waals surface area contributed by atoms with Crippen molar-refractivity contribution in [3.05, 3.63) is 78.4 Å². The van der Waals surface area contributed by atoms with Gasteiger partial charge in [-0.1, -0.05) is 42.5 Å². The Bertz CT molecular complexity index is 1280. The molecule has 3 aromatic carbocycles. The molecule has 40 heavy (non-hydrogen) atoms. The van der Waals surface area contributed by atoms with E-state index in [1.165, 1.54) is 19.1 Å². The zero-order valence-corrected chi connectivity index (χ0v) is 23.7. The van der Waals surface area contributed by atoms with Crippen LogP contribution in [-0.2, 0) is 19.1 Å². The van der Waals surface area contributed by atoms with E-state index in [2.05, 4.69) is 0 Å². The van der Waals surface area contributed by atoms with Gasteiger partial charge in [-0.25, -0.2) is 9.59 Å². The van der Waals surface area contributed by atoms with Crippen LogP contribution in [0.2, 0.25) is 0 Å². The van der Waals surface area contributed by atoms with Gasteiger partial charge in [0.25, 0.3) is 0 Å². The van der Waals surface area contributed by atoms with E-state index in [1.807, 2.05) is 42.5 Å². The minimum Gasteiger partial charge on any atom is -0.485 e. The molecule has 0 radical (unpaired) electrons. The highest BCUT2D eigenvalue weighted by atomic mass is 16.6. The average molecular weight is 549 g/mol. The number of ketones is 1. The van der Waals surface area contributed by atoms with Crippen molar-refractivity contribution in [3.63, 3.8) is 0 Å². The third-order valence-electron chi connectivity index (χ3n) is 5.57. The maximum Gasteiger partial charge on any atom is 0.347 e. The molecule has 8 heteroatoms. The summed E-state index contributed by atoms with van der Waals surface area (Å²) in [5.41, 5.74) is 2.29. The Kier molecular flexibility index (Phi) is 10.7. The van der Waals surface area contributed by atoms with Gasteiger partial charge >= 0.3 is 11.9 Å². The van der Waals surface area contributed by atoms with Crippen molar-refractivity contribution in [2.24, 2.45) is 0 Å². The maximum absolute atomic E-state index is 13.2. The van der Waals surface area contributed by atoms with Crippen LogP contribution in [0.3, 0.4) is 0 Å². The Balaban J connectivity index is 1.76. The lowest BCUT2D eigenvalue weighted by Gasteiger charge is -2.20. The lowest BCUT2D eigenvalue weighted by molar-refractivity contribution is -0.155. The topological polar surface area (TPSA) is 97.4 Å². The minimum atomic E-state index is -1.00. The van der Waals surface area contributed by atoms with Crippen LogP contribution in [0.25, 0.3) is 11.1 Å². The van der Waals surface area contributed by atoms with E-state index in [1.54, 1.807) is 52.8 Å². The summed E-state index contributed by atoms with van der Waals surface area (Å²) in [5, 5.41) is 0. The van der Waals surface area contributed by atoms with Crippen LogP contribution >= 0.6 is 0 Å². The quantitative estimate of drug-likeness (QED) is 0.188. The molecule has 2 atom stereocenters. The van der Waals surface area contributed by atoms with Gasteiger partial charge in [0.05, 0.1) is 17.8 Å². The van der Waals surface area contributed by atoms with Crippen molar-refractivity contribution in [2.75, 3.05) is 6.61 Å². The van der Waals surface area contributed by atoms with Crippen LogP contribution in [0, 0.1) is 0 Å². The molecule has 0 spiro atoms. The van der Waals surface area contributed by atoms with Gasteiger partial charge in [0, 0.05) is 6.07 Å². The fraction of sp³-hybridized carbons (Fsp3) is 0.344. The average Bonchev–Trinajstić information content (AvgIpc) is 2.92. The molecule has 0 saturated heterocycles. The minimum absolute atomic E-state index is 0.100. The van der Waals surface area contributed by atoms with E-state index in [-0.39, 0.29) is 41.7 Å². The van der Waals surface area contributed by atoms with E-state index >= 15 is 0 Å². The van der Waals surface area contributed by atoms with Crippen molar-refractivity contribution in [3.8, 4) is 28.4 Å². The molecular formula is C32H36O8. The molecular weight excluding hydrogens is 512 g/mol. The third-order valence-corrected chi connectivity index (χ3v) is 5.57. The molecule has 0 N–H and O–H groups in total. The number of carbonyl (C=O) groups is 3. The molecule has 3 rings (SSSR count). The first kappa shape index (κ1) is 30.2. The van der Waals surface area contributed by atoms with Gasteiger partial charge in [-0.2, -0.15) is 0 Å². The van der Waals surface area contributed by atoms with Crippen LogP contribution in [0.4, 0.5) is 0 Å². The van der Waals surface area contributed by atoms with Crippen LogP contribution < -0.4 is 14.2 Å². The molecule has 0 aromatic heterocycles. The molecule has 0 heterocycles. The van der Waals surface area contributed by atoms with E-state index in [0.29, 0.717) is 5.75 Å². The molecule has 0 fully saturated rings. The Morgan fingerprint density at radius 1 is 0.625 bits per heavy atom. The zero-order valence-electron chi connectivity index (χ0n) is 23.7. The second-order valence-electron chi connectivity index (χ2n) is 9.75. The van der Waals surface area contributed by atoms with Gasteiger partial charge in [-0.05, 0) is 76.9 Å². The largest absolute Gasteiger partial charge is 0.485 e. The van der Waals surface area contributed by atoms with Crippen molar-refractivity contribution < 1.29 is 38.1 Å². The summed E-state index contributed by atoms with van der Waals surface area (Å²) in [6, 6.07) is 21.9. The summed E-state index contributed by atoms with van der Waals surface area (Å²) in [5.74, 6) is -0.585. The predicted octanol–water partition coefficient (Wildman–Crippen LogP) is 6.05. The van der Waals surface area contributed by atoms with E-state index in [4.69, 9.17) is 23.7 Å². The Labute approximate surface area is 235 Å². The highest BCUT2D eigenvalue weighted by Crippen LogP contribution is 2.28. The summed E-state index contributed by atoms with van der Waals surface area (Å²) < 4.78 is 27.7. The Hall–Kier alpha value is -4.33. The standard InChI is InChI=1S/C32H36O8/c1-20(2)37-31(34)22(5)39-27-16-17-28(30(18-27)40-23(6)32(35)38-21(3)4)29(33)19-36-26-14-12-25(13-15-26)24-10-8-7-9-11-24/h7-18,20-23H,19H2,1-6H3. The Morgan fingerprint density at radius 2 is 1.15 bits per heavy atom. The van der Waals surface area contributed by atoms with Gasteiger partial charge in [0.2, 0.25) is 5.78 Å². The van der Waals surface area contributed by atoms with Gasteiger partial charge in [-0.15, -0.1) is 0 Å². The number of benzene rings is 3. The molecule has 0 amide bonds. The number of ether oxygens (including phenoxy) is 5. The van der Waals surface area contributed by atoms with Crippen LogP contribution in [0.1, 0.15) is 51.9 Å². The van der Waals surface area contributed by atoms with E-state index in [0.717, 1.165) is 11.1 Å². The number of hydrogen-bond donors (Lipinski definition) is 0. The lowest BCUT2D eigenvalue weighted by Crippen LogP contribution is -2.29. The summed E-state index contributed by atoms with van der Waals surface area (Å²) in [6.07, 6.45) is -2.52. The molecule has 2 unspecified atom stereocenters. The lowest BCUT2D eigenvalue weighted by atomic mass is 10.1. The molecule has 8 nitrogen and oxygen atoms in total. The van der Waals surface area contributed by atoms with Crippen molar-refractivity contribution in [2.45, 2.75) is 66.0 Å². The molecule has 0 aliphatic rings. The van der Waals surface area contributed by atoms with Crippen molar-refractivity contribution >= 4 is 17.7 Å². The molecule has 0 aliphatic carbocycles. The number of carbonyl (C=O) groups excluding carboxylic acids is 3. The first-order valence-corrected chi connectivity index (χ1v) is 13.2. The van der Waals surface area contributed by atoms with E-state index < -0.39 is 24.1 Å². The Morgan fingerprint density at radius 3 is 1.73 bits per heavy atom.